The molecule has 2 aromatic carbocycles. The molecule has 3 rings (SSSR count). The number of rotatable bonds is 7. The highest BCUT2D eigenvalue weighted by atomic mass is 79.9. The van der Waals surface area contributed by atoms with Crippen LogP contribution in [0.4, 0.5) is 0 Å². The number of imidazole rings is 1. The number of para-hydroxylation sites is 2. The third-order valence-corrected chi connectivity index (χ3v) is 7.98. The molecule has 0 saturated carbocycles. The number of fused-ring (bicyclic) bond motifs is 1. The van der Waals surface area contributed by atoms with Crippen molar-refractivity contribution in [1.82, 2.24) is 14.9 Å². The molecule has 1 aromatic heterocycles. The number of benzene rings is 2. The maximum Gasteiger partial charge on any atom is 0.241 e. The van der Waals surface area contributed by atoms with Gasteiger partial charge in [0.1, 0.15) is 10.6 Å². The molecule has 29 heavy (non-hydrogen) atoms. The van der Waals surface area contributed by atoms with Gasteiger partial charge in [-0.15, -0.1) is 0 Å². The van der Waals surface area contributed by atoms with E-state index in [0.29, 0.717) is 13.0 Å². The van der Waals surface area contributed by atoms with Crippen LogP contribution in [-0.4, -0.2) is 35.2 Å². The molecule has 6 nitrogen and oxygen atoms in total. The van der Waals surface area contributed by atoms with Crippen molar-refractivity contribution >= 4 is 42.7 Å². The van der Waals surface area contributed by atoms with Crippen molar-refractivity contribution in [2.24, 2.45) is 0 Å². The molecule has 0 aliphatic carbocycles. The number of carbonyl (C=O) groups is 1. The Morgan fingerprint density at radius 1 is 1.14 bits per heavy atom. The van der Waals surface area contributed by atoms with Gasteiger partial charge in [0.2, 0.25) is 5.91 Å². The van der Waals surface area contributed by atoms with E-state index in [4.69, 9.17) is 0 Å². The summed E-state index contributed by atoms with van der Waals surface area (Å²) in [6, 6.07) is 14.2. The molecule has 0 bridgehead atoms. The number of sulfone groups is 1. The first-order chi connectivity index (χ1) is 13.7. The fraction of sp³-hybridized carbons (Fsp3) is 0.333. The number of halogens is 1. The number of nitrogens with one attached hydrogen (secondary N) is 1. The van der Waals surface area contributed by atoms with E-state index in [0.717, 1.165) is 27.9 Å². The van der Waals surface area contributed by atoms with E-state index < -0.39 is 20.5 Å². The Morgan fingerprint density at radius 3 is 2.45 bits per heavy atom. The van der Waals surface area contributed by atoms with Crippen LogP contribution in [0.3, 0.4) is 0 Å². The fourth-order valence-corrected chi connectivity index (χ4v) is 4.86. The van der Waals surface area contributed by atoms with E-state index in [2.05, 4.69) is 30.8 Å². The molecule has 0 aliphatic rings. The average molecular weight is 478 g/mol. The van der Waals surface area contributed by atoms with E-state index in [-0.39, 0.29) is 4.90 Å². The summed E-state index contributed by atoms with van der Waals surface area (Å²) in [5.41, 5.74) is 1.96. The summed E-state index contributed by atoms with van der Waals surface area (Å²) < 4.78 is 27.2. The zero-order valence-electron chi connectivity index (χ0n) is 16.6. The minimum absolute atomic E-state index is 0.119. The Morgan fingerprint density at radius 2 is 1.79 bits per heavy atom. The third-order valence-electron chi connectivity index (χ3n) is 5.03. The second-order valence-electron chi connectivity index (χ2n) is 7.23. The summed E-state index contributed by atoms with van der Waals surface area (Å²) in [5.74, 6) is 0.335. The lowest BCUT2D eigenvalue weighted by molar-refractivity contribution is -0.122. The second kappa shape index (κ2) is 8.28. The second-order valence-corrected chi connectivity index (χ2v) is 10.6. The van der Waals surface area contributed by atoms with E-state index in [1.807, 2.05) is 31.2 Å². The van der Waals surface area contributed by atoms with Gasteiger partial charge in [-0.3, -0.25) is 4.79 Å². The molecule has 1 heterocycles. The first-order valence-corrected chi connectivity index (χ1v) is 11.7. The van der Waals surface area contributed by atoms with Crippen LogP contribution in [0.25, 0.3) is 11.0 Å². The molecule has 0 saturated heterocycles. The van der Waals surface area contributed by atoms with E-state index in [1.54, 1.807) is 12.1 Å². The van der Waals surface area contributed by atoms with Gasteiger partial charge in [-0.2, -0.15) is 0 Å². The molecule has 154 valence electrons. The van der Waals surface area contributed by atoms with E-state index >= 15 is 0 Å². The standard InChI is InChI=1S/C21H24BrN3O3S/c1-4-25-18-8-6-5-7-17(18)24-19(25)13-14-23-20(26)21(2,3)29(27,28)16-11-9-15(22)10-12-16/h5-12H,4,13-14H2,1-3H3,(H,23,26). The van der Waals surface area contributed by atoms with Crippen molar-refractivity contribution in [3.8, 4) is 0 Å². The first kappa shape index (κ1) is 21.5. The maximum atomic E-state index is 13.0. The molecule has 3 aromatic rings. The van der Waals surface area contributed by atoms with Gasteiger partial charge >= 0.3 is 0 Å². The lowest BCUT2D eigenvalue weighted by Crippen LogP contribution is -2.48. The maximum absolute atomic E-state index is 13.0. The molecule has 0 radical (unpaired) electrons. The highest BCUT2D eigenvalue weighted by Crippen LogP contribution is 2.27. The van der Waals surface area contributed by atoms with Crippen LogP contribution < -0.4 is 5.32 Å². The Bertz CT molecular complexity index is 1140. The van der Waals surface area contributed by atoms with Crippen LogP contribution in [-0.2, 0) is 27.6 Å². The molecule has 8 heteroatoms. The van der Waals surface area contributed by atoms with Crippen LogP contribution in [0.5, 0.6) is 0 Å². The van der Waals surface area contributed by atoms with Gasteiger partial charge < -0.3 is 9.88 Å². The fourth-order valence-electron chi connectivity index (χ4n) is 3.20. The van der Waals surface area contributed by atoms with E-state index in [1.165, 1.54) is 26.0 Å². The van der Waals surface area contributed by atoms with Gasteiger partial charge in [0.25, 0.3) is 0 Å². The number of hydrogen-bond donors (Lipinski definition) is 1. The molecule has 0 unspecified atom stereocenters. The molecule has 1 amide bonds. The zero-order chi connectivity index (χ0) is 21.2. The Hall–Kier alpha value is -2.19. The summed E-state index contributed by atoms with van der Waals surface area (Å²) in [7, 11) is -3.84. The lowest BCUT2D eigenvalue weighted by atomic mass is 10.2. The minimum atomic E-state index is -3.84. The van der Waals surface area contributed by atoms with Crippen LogP contribution in [0.1, 0.15) is 26.6 Å². The summed E-state index contributed by atoms with van der Waals surface area (Å²) in [6.45, 7) is 5.99. The lowest BCUT2D eigenvalue weighted by Gasteiger charge is -2.24. The van der Waals surface area contributed by atoms with Gasteiger partial charge in [-0.25, -0.2) is 13.4 Å². The van der Waals surface area contributed by atoms with Gasteiger partial charge in [0, 0.05) is 24.0 Å². The van der Waals surface area contributed by atoms with Crippen LogP contribution >= 0.6 is 15.9 Å². The molecule has 0 spiro atoms. The molecular weight excluding hydrogens is 454 g/mol. The van der Waals surface area contributed by atoms with Crippen LogP contribution in [0, 0.1) is 0 Å². The normalized spacial score (nSPS) is 12.3. The Balaban J connectivity index is 1.72. The summed E-state index contributed by atoms with van der Waals surface area (Å²) >= 11 is 3.29. The molecule has 0 fully saturated rings. The van der Waals surface area contributed by atoms with Gasteiger partial charge in [0.05, 0.1) is 15.9 Å². The van der Waals surface area contributed by atoms with Crippen LogP contribution in [0.15, 0.2) is 57.9 Å². The van der Waals surface area contributed by atoms with Crippen molar-refractivity contribution in [3.05, 3.63) is 58.8 Å². The highest BCUT2D eigenvalue weighted by Gasteiger charge is 2.42. The quantitative estimate of drug-likeness (QED) is 0.561. The minimum Gasteiger partial charge on any atom is -0.354 e. The SMILES string of the molecule is CCn1c(CCNC(=O)C(C)(C)S(=O)(=O)c2ccc(Br)cc2)nc2ccccc21. The highest BCUT2D eigenvalue weighted by molar-refractivity contribution is 9.10. The summed E-state index contributed by atoms with van der Waals surface area (Å²) in [5, 5.41) is 2.77. The molecular formula is C21H24BrN3O3S. The van der Waals surface area contributed by atoms with Gasteiger partial charge in [-0.1, -0.05) is 28.1 Å². The zero-order valence-corrected chi connectivity index (χ0v) is 19.0. The molecule has 1 N–H and O–H groups in total. The smallest absolute Gasteiger partial charge is 0.241 e. The van der Waals surface area contributed by atoms with Crippen molar-refractivity contribution in [1.29, 1.82) is 0 Å². The average Bonchev–Trinajstić information content (AvgIpc) is 3.05. The predicted octanol–water partition coefficient (Wildman–Crippen LogP) is 3.73. The van der Waals surface area contributed by atoms with E-state index in [9.17, 15) is 13.2 Å². The molecule has 0 aliphatic heterocycles. The predicted molar refractivity (Wildman–Crippen MR) is 118 cm³/mol. The number of nitrogens with zero attached hydrogens (tertiary/aromatic N) is 2. The number of aromatic nitrogens is 2. The van der Waals surface area contributed by atoms with Crippen LogP contribution in [0.2, 0.25) is 0 Å². The van der Waals surface area contributed by atoms with Crippen molar-refractivity contribution in [3.63, 3.8) is 0 Å². The Labute approximate surface area is 179 Å². The third kappa shape index (κ3) is 4.09. The number of carbonyl (C=O) groups excluding carboxylic acids is 1. The van der Waals surface area contributed by atoms with Crippen molar-refractivity contribution < 1.29 is 13.2 Å². The Kier molecular flexibility index (Phi) is 6.14. The number of aryl methyl sites for hydroxylation is 1. The van der Waals surface area contributed by atoms with Gasteiger partial charge in [0.15, 0.2) is 9.84 Å². The summed E-state index contributed by atoms with van der Waals surface area (Å²) in [6.07, 6.45) is 0.517. The number of amides is 1. The largest absolute Gasteiger partial charge is 0.354 e. The number of hydrogen-bond acceptors (Lipinski definition) is 4. The molecule has 0 atom stereocenters. The topological polar surface area (TPSA) is 81.1 Å². The monoisotopic (exact) mass is 477 g/mol. The van der Waals surface area contributed by atoms with Crippen molar-refractivity contribution in [2.45, 2.75) is 43.4 Å². The summed E-state index contributed by atoms with van der Waals surface area (Å²) in [4.78, 5) is 17.5. The van der Waals surface area contributed by atoms with Gasteiger partial charge in [-0.05, 0) is 57.2 Å². The van der Waals surface area contributed by atoms with Crippen molar-refractivity contribution in [2.75, 3.05) is 6.54 Å². The first-order valence-electron chi connectivity index (χ1n) is 9.41.